The predicted octanol–water partition coefficient (Wildman–Crippen LogP) is 4.49. The number of methoxy groups -OCH3 is 2. The molecule has 154 valence electrons. The summed E-state index contributed by atoms with van der Waals surface area (Å²) in [5.74, 6) is -2.38. The van der Waals surface area contributed by atoms with E-state index in [4.69, 9.17) is 9.47 Å². The zero-order valence-corrected chi connectivity index (χ0v) is 16.2. The van der Waals surface area contributed by atoms with Crippen LogP contribution in [-0.2, 0) is 0 Å². The van der Waals surface area contributed by atoms with Gasteiger partial charge in [-0.2, -0.15) is 0 Å². The second-order valence-corrected chi connectivity index (χ2v) is 6.15. The molecule has 3 aromatic rings. The van der Waals surface area contributed by atoms with E-state index in [9.17, 15) is 18.4 Å². The van der Waals surface area contributed by atoms with E-state index in [2.05, 4.69) is 10.6 Å². The van der Waals surface area contributed by atoms with Gasteiger partial charge in [0.05, 0.1) is 19.9 Å². The van der Waals surface area contributed by atoms with E-state index < -0.39 is 29.0 Å². The van der Waals surface area contributed by atoms with Crippen molar-refractivity contribution in [2.45, 2.75) is 0 Å². The molecule has 0 aliphatic heterocycles. The van der Waals surface area contributed by atoms with Crippen LogP contribution in [0, 0.1) is 11.6 Å². The lowest BCUT2D eigenvalue weighted by molar-refractivity contribution is 0.101. The fraction of sp³-hybridized carbons (Fsp3) is 0.0909. The third-order valence-corrected chi connectivity index (χ3v) is 4.25. The average Bonchev–Trinajstić information content (AvgIpc) is 2.74. The summed E-state index contributed by atoms with van der Waals surface area (Å²) >= 11 is 0. The smallest absolute Gasteiger partial charge is 0.261 e. The number of benzene rings is 3. The van der Waals surface area contributed by atoms with E-state index in [1.165, 1.54) is 38.5 Å². The summed E-state index contributed by atoms with van der Waals surface area (Å²) in [5.41, 5.74) is 0.163. The van der Waals surface area contributed by atoms with Crippen LogP contribution in [0.15, 0.2) is 60.7 Å². The maximum atomic E-state index is 13.8. The first kappa shape index (κ1) is 20.8. The van der Waals surface area contributed by atoms with Gasteiger partial charge in [0.1, 0.15) is 28.7 Å². The number of carbonyl (C=O) groups excluding carboxylic acids is 2. The van der Waals surface area contributed by atoms with Crippen LogP contribution in [0.1, 0.15) is 20.7 Å². The van der Waals surface area contributed by atoms with Gasteiger partial charge in [0, 0.05) is 11.3 Å². The van der Waals surface area contributed by atoms with Crippen LogP contribution >= 0.6 is 0 Å². The lowest BCUT2D eigenvalue weighted by atomic mass is 10.1. The molecule has 0 aliphatic rings. The predicted molar refractivity (Wildman–Crippen MR) is 108 cm³/mol. The van der Waals surface area contributed by atoms with E-state index in [0.717, 1.165) is 12.1 Å². The quantitative estimate of drug-likeness (QED) is 0.626. The summed E-state index contributed by atoms with van der Waals surface area (Å²) in [6.07, 6.45) is 0. The average molecular weight is 412 g/mol. The van der Waals surface area contributed by atoms with Crippen molar-refractivity contribution in [1.29, 1.82) is 0 Å². The Bertz CT molecular complexity index is 1060. The van der Waals surface area contributed by atoms with E-state index in [1.54, 1.807) is 24.3 Å². The number of halogens is 2. The molecule has 0 saturated carbocycles. The Balaban J connectivity index is 1.82. The summed E-state index contributed by atoms with van der Waals surface area (Å²) < 4.78 is 38.0. The molecule has 3 rings (SSSR count). The Morgan fingerprint density at radius 2 is 1.47 bits per heavy atom. The number of ether oxygens (including phenoxy) is 2. The molecule has 0 radical (unpaired) electrons. The van der Waals surface area contributed by atoms with E-state index in [0.29, 0.717) is 17.1 Å². The molecule has 30 heavy (non-hydrogen) atoms. The van der Waals surface area contributed by atoms with Gasteiger partial charge in [-0.15, -0.1) is 0 Å². The molecule has 8 heteroatoms. The van der Waals surface area contributed by atoms with Gasteiger partial charge < -0.3 is 20.1 Å². The van der Waals surface area contributed by atoms with Crippen molar-refractivity contribution in [1.82, 2.24) is 0 Å². The number of rotatable bonds is 6. The van der Waals surface area contributed by atoms with Crippen LogP contribution in [0.2, 0.25) is 0 Å². The van der Waals surface area contributed by atoms with Gasteiger partial charge in [0.15, 0.2) is 0 Å². The first-order valence-electron chi connectivity index (χ1n) is 8.81. The van der Waals surface area contributed by atoms with Crippen molar-refractivity contribution in [2.24, 2.45) is 0 Å². The highest BCUT2D eigenvalue weighted by Gasteiger charge is 2.18. The van der Waals surface area contributed by atoms with Crippen molar-refractivity contribution in [3.63, 3.8) is 0 Å². The van der Waals surface area contributed by atoms with Crippen LogP contribution < -0.4 is 20.1 Å². The monoisotopic (exact) mass is 412 g/mol. The summed E-state index contributed by atoms with van der Waals surface area (Å²) in [5, 5.41) is 5.10. The zero-order valence-electron chi connectivity index (χ0n) is 16.2. The number of hydrogen-bond acceptors (Lipinski definition) is 4. The fourth-order valence-corrected chi connectivity index (χ4v) is 2.73. The Morgan fingerprint density at radius 3 is 2.07 bits per heavy atom. The van der Waals surface area contributed by atoms with Crippen molar-refractivity contribution in [2.75, 3.05) is 24.9 Å². The molecule has 0 atom stereocenters. The lowest BCUT2D eigenvalue weighted by Crippen LogP contribution is -2.17. The Kier molecular flexibility index (Phi) is 6.26. The summed E-state index contributed by atoms with van der Waals surface area (Å²) in [6.45, 7) is 0. The number of amides is 2. The fourth-order valence-electron chi connectivity index (χ4n) is 2.73. The van der Waals surface area contributed by atoms with Gasteiger partial charge in [-0.05, 0) is 54.6 Å². The molecular formula is C22H18F2N2O4. The highest BCUT2D eigenvalue weighted by atomic mass is 19.1. The number of hydrogen-bond donors (Lipinski definition) is 2. The molecule has 2 amide bonds. The van der Waals surface area contributed by atoms with Gasteiger partial charge in [-0.3, -0.25) is 9.59 Å². The number of anilines is 2. The van der Waals surface area contributed by atoms with Crippen LogP contribution in [-0.4, -0.2) is 26.0 Å². The first-order valence-corrected chi connectivity index (χ1v) is 8.81. The summed E-state index contributed by atoms with van der Waals surface area (Å²) in [6, 6.07) is 14.0. The lowest BCUT2D eigenvalue weighted by Gasteiger charge is -2.13. The van der Waals surface area contributed by atoms with Gasteiger partial charge in [0.2, 0.25) is 0 Å². The molecule has 3 aromatic carbocycles. The van der Waals surface area contributed by atoms with Gasteiger partial charge in [-0.1, -0.05) is 6.07 Å². The second kappa shape index (κ2) is 9.04. The third-order valence-electron chi connectivity index (χ3n) is 4.25. The molecule has 0 heterocycles. The standard InChI is InChI=1S/C22H18F2N2O4/c1-29-15-9-6-13(7-10-15)21(27)26-18-12-14(8-11-19(18)30-2)25-22(28)20-16(23)4-3-5-17(20)24/h3-12H,1-2H3,(H,25,28)(H,26,27). The van der Waals surface area contributed by atoms with Crippen molar-refractivity contribution in [3.05, 3.63) is 83.4 Å². The third kappa shape index (κ3) is 4.54. The second-order valence-electron chi connectivity index (χ2n) is 6.15. The van der Waals surface area contributed by atoms with Crippen LogP contribution in [0.4, 0.5) is 20.2 Å². The van der Waals surface area contributed by atoms with Gasteiger partial charge in [-0.25, -0.2) is 8.78 Å². The molecular weight excluding hydrogens is 394 g/mol. The Hall–Kier alpha value is -3.94. The van der Waals surface area contributed by atoms with E-state index >= 15 is 0 Å². The van der Waals surface area contributed by atoms with Crippen molar-refractivity contribution in [3.8, 4) is 11.5 Å². The maximum Gasteiger partial charge on any atom is 0.261 e. The number of nitrogens with one attached hydrogen (secondary N) is 2. The van der Waals surface area contributed by atoms with Crippen LogP contribution in [0.5, 0.6) is 11.5 Å². The van der Waals surface area contributed by atoms with Crippen LogP contribution in [0.3, 0.4) is 0 Å². The normalized spacial score (nSPS) is 10.3. The van der Waals surface area contributed by atoms with Gasteiger partial charge >= 0.3 is 0 Å². The minimum absolute atomic E-state index is 0.216. The van der Waals surface area contributed by atoms with Crippen molar-refractivity contribution >= 4 is 23.2 Å². The molecule has 0 aromatic heterocycles. The summed E-state index contributed by atoms with van der Waals surface area (Å²) in [7, 11) is 2.94. The number of carbonyl (C=O) groups is 2. The highest BCUT2D eigenvalue weighted by Crippen LogP contribution is 2.29. The molecule has 0 aliphatic carbocycles. The minimum Gasteiger partial charge on any atom is -0.497 e. The zero-order chi connectivity index (χ0) is 21.7. The Morgan fingerprint density at radius 1 is 0.800 bits per heavy atom. The topological polar surface area (TPSA) is 76.7 Å². The molecule has 0 spiro atoms. The molecule has 0 bridgehead atoms. The SMILES string of the molecule is COc1ccc(C(=O)Nc2cc(NC(=O)c3c(F)cccc3F)ccc2OC)cc1. The van der Waals surface area contributed by atoms with Crippen LogP contribution in [0.25, 0.3) is 0 Å². The van der Waals surface area contributed by atoms with Gasteiger partial charge in [0.25, 0.3) is 11.8 Å². The summed E-state index contributed by atoms with van der Waals surface area (Å²) in [4.78, 5) is 24.8. The minimum atomic E-state index is -0.978. The molecule has 0 unspecified atom stereocenters. The molecule has 2 N–H and O–H groups in total. The molecule has 0 saturated heterocycles. The molecule has 6 nitrogen and oxygen atoms in total. The largest absolute Gasteiger partial charge is 0.497 e. The maximum absolute atomic E-state index is 13.8. The highest BCUT2D eigenvalue weighted by molar-refractivity contribution is 6.07. The van der Waals surface area contributed by atoms with E-state index in [-0.39, 0.29) is 11.4 Å². The Labute approximate surface area is 171 Å². The van der Waals surface area contributed by atoms with E-state index in [1.807, 2.05) is 0 Å². The van der Waals surface area contributed by atoms with Crippen molar-refractivity contribution < 1.29 is 27.8 Å². The first-order chi connectivity index (χ1) is 14.4. The molecule has 0 fully saturated rings.